The van der Waals surface area contributed by atoms with Crippen molar-refractivity contribution in [3.05, 3.63) is 69.1 Å². The van der Waals surface area contributed by atoms with Crippen LogP contribution in [0.3, 0.4) is 0 Å². The third-order valence-corrected chi connectivity index (χ3v) is 3.60. The Balaban J connectivity index is 1.94. The maximum Gasteiger partial charge on any atom is 0.264 e. The Hall–Kier alpha value is -2.73. The standard InChI is InChI=1S/C15H11N3O2S/c19-14-6-5-13(17-18-14)11-3-1-2-4-12(11)16-15(20)10-7-8-21-9-10/h1-9H,(H,16,20)(H,18,19). The predicted octanol–water partition coefficient (Wildman–Crippen LogP) is 2.75. The summed E-state index contributed by atoms with van der Waals surface area (Å²) in [6.07, 6.45) is 0. The van der Waals surface area contributed by atoms with E-state index in [2.05, 4.69) is 15.5 Å². The van der Waals surface area contributed by atoms with E-state index in [1.165, 1.54) is 17.4 Å². The van der Waals surface area contributed by atoms with E-state index < -0.39 is 0 Å². The molecule has 6 heteroatoms. The van der Waals surface area contributed by atoms with E-state index in [4.69, 9.17) is 0 Å². The molecule has 3 rings (SSSR count). The summed E-state index contributed by atoms with van der Waals surface area (Å²) in [7, 11) is 0. The SMILES string of the molecule is O=C(Nc1ccccc1-c1ccc(=O)[nH]n1)c1ccsc1. The van der Waals surface area contributed by atoms with Gasteiger partial charge in [-0.3, -0.25) is 9.59 Å². The molecular weight excluding hydrogens is 286 g/mol. The van der Waals surface area contributed by atoms with E-state index in [1.54, 1.807) is 23.6 Å². The lowest BCUT2D eigenvalue weighted by Crippen LogP contribution is -2.12. The van der Waals surface area contributed by atoms with Crippen molar-refractivity contribution in [3.63, 3.8) is 0 Å². The Kier molecular flexibility index (Phi) is 3.61. The normalized spacial score (nSPS) is 10.3. The molecule has 0 saturated carbocycles. The minimum atomic E-state index is -0.265. The lowest BCUT2D eigenvalue weighted by atomic mass is 10.1. The first-order valence-corrected chi connectivity index (χ1v) is 7.17. The van der Waals surface area contributed by atoms with Crippen molar-refractivity contribution in [2.45, 2.75) is 0 Å². The number of aromatic amines is 1. The van der Waals surface area contributed by atoms with Crippen LogP contribution >= 0.6 is 11.3 Å². The van der Waals surface area contributed by atoms with Gasteiger partial charge in [0.15, 0.2) is 0 Å². The first kappa shape index (κ1) is 13.3. The molecule has 0 aliphatic carbocycles. The summed E-state index contributed by atoms with van der Waals surface area (Å²) in [5, 5.41) is 12.9. The lowest BCUT2D eigenvalue weighted by molar-refractivity contribution is 0.102. The summed E-state index contributed by atoms with van der Waals surface area (Å²) in [6, 6.07) is 12.1. The third-order valence-electron chi connectivity index (χ3n) is 2.91. The number of thiophene rings is 1. The summed E-state index contributed by atoms with van der Waals surface area (Å²) in [4.78, 5) is 23.2. The van der Waals surface area contributed by atoms with Crippen LogP contribution in [0.5, 0.6) is 0 Å². The van der Waals surface area contributed by atoms with Crippen LogP contribution in [0.1, 0.15) is 10.4 Å². The van der Waals surface area contributed by atoms with Crippen molar-refractivity contribution in [1.82, 2.24) is 10.2 Å². The summed E-state index contributed by atoms with van der Waals surface area (Å²) in [5.41, 5.74) is 2.34. The fraction of sp³-hybridized carbons (Fsp3) is 0. The molecule has 21 heavy (non-hydrogen) atoms. The van der Waals surface area contributed by atoms with Crippen LogP contribution in [0.15, 0.2) is 58.0 Å². The van der Waals surface area contributed by atoms with E-state index in [0.29, 0.717) is 16.9 Å². The van der Waals surface area contributed by atoms with Gasteiger partial charge in [0.25, 0.3) is 11.5 Å². The molecule has 3 aromatic rings. The number of carbonyl (C=O) groups excluding carboxylic acids is 1. The molecule has 0 aliphatic rings. The quantitative estimate of drug-likeness (QED) is 0.780. The van der Waals surface area contributed by atoms with Crippen molar-refractivity contribution in [3.8, 4) is 11.3 Å². The van der Waals surface area contributed by atoms with Crippen LogP contribution in [-0.4, -0.2) is 16.1 Å². The van der Waals surface area contributed by atoms with Crippen LogP contribution in [0, 0.1) is 0 Å². The van der Waals surface area contributed by atoms with E-state index in [-0.39, 0.29) is 11.5 Å². The number of H-pyrrole nitrogens is 1. The number of hydrogen-bond acceptors (Lipinski definition) is 4. The van der Waals surface area contributed by atoms with Crippen molar-refractivity contribution < 1.29 is 4.79 Å². The molecule has 2 heterocycles. The number of rotatable bonds is 3. The highest BCUT2D eigenvalue weighted by molar-refractivity contribution is 7.08. The number of aromatic nitrogens is 2. The molecule has 0 atom stereocenters. The zero-order chi connectivity index (χ0) is 14.7. The number of nitrogens with one attached hydrogen (secondary N) is 2. The molecule has 0 radical (unpaired) electrons. The Morgan fingerprint density at radius 3 is 2.71 bits per heavy atom. The van der Waals surface area contributed by atoms with Gasteiger partial charge in [-0.2, -0.15) is 16.4 Å². The molecule has 0 saturated heterocycles. The van der Waals surface area contributed by atoms with Gasteiger partial charge in [0.05, 0.1) is 16.9 Å². The molecular formula is C15H11N3O2S. The summed E-state index contributed by atoms with van der Waals surface area (Å²) in [5.74, 6) is -0.173. The molecule has 1 amide bonds. The molecule has 104 valence electrons. The monoisotopic (exact) mass is 297 g/mol. The number of nitrogens with zero attached hydrogens (tertiary/aromatic N) is 1. The van der Waals surface area contributed by atoms with Gasteiger partial charge >= 0.3 is 0 Å². The zero-order valence-corrected chi connectivity index (χ0v) is 11.7. The van der Waals surface area contributed by atoms with E-state index >= 15 is 0 Å². The summed E-state index contributed by atoms with van der Waals surface area (Å²) >= 11 is 1.47. The first-order chi connectivity index (χ1) is 10.2. The van der Waals surface area contributed by atoms with Crippen LogP contribution < -0.4 is 10.9 Å². The lowest BCUT2D eigenvalue weighted by Gasteiger charge is -2.09. The fourth-order valence-corrected chi connectivity index (χ4v) is 2.53. The van der Waals surface area contributed by atoms with Gasteiger partial charge < -0.3 is 5.32 Å². The highest BCUT2D eigenvalue weighted by Gasteiger charge is 2.11. The van der Waals surface area contributed by atoms with Crippen molar-refractivity contribution in [1.29, 1.82) is 0 Å². The van der Waals surface area contributed by atoms with E-state index in [1.807, 2.05) is 23.6 Å². The fourth-order valence-electron chi connectivity index (χ4n) is 1.90. The first-order valence-electron chi connectivity index (χ1n) is 6.23. The van der Waals surface area contributed by atoms with E-state index in [9.17, 15) is 9.59 Å². The largest absolute Gasteiger partial charge is 0.321 e. The van der Waals surface area contributed by atoms with Crippen LogP contribution in [0.2, 0.25) is 0 Å². The van der Waals surface area contributed by atoms with Crippen molar-refractivity contribution in [2.75, 3.05) is 5.32 Å². The Morgan fingerprint density at radius 1 is 1.14 bits per heavy atom. The number of anilines is 1. The molecule has 2 aromatic heterocycles. The maximum absolute atomic E-state index is 12.1. The number of benzene rings is 1. The van der Waals surface area contributed by atoms with Crippen LogP contribution in [0.4, 0.5) is 5.69 Å². The minimum absolute atomic E-state index is 0.173. The Labute approximate surface area is 124 Å². The third kappa shape index (κ3) is 2.90. The summed E-state index contributed by atoms with van der Waals surface area (Å²) in [6.45, 7) is 0. The molecule has 0 aliphatic heterocycles. The van der Waals surface area contributed by atoms with E-state index in [0.717, 1.165) is 5.56 Å². The van der Waals surface area contributed by atoms with Crippen molar-refractivity contribution >= 4 is 22.9 Å². The van der Waals surface area contributed by atoms with Gasteiger partial charge in [0.2, 0.25) is 0 Å². The molecule has 0 spiro atoms. The second kappa shape index (κ2) is 5.72. The second-order valence-electron chi connectivity index (χ2n) is 4.32. The minimum Gasteiger partial charge on any atom is -0.321 e. The highest BCUT2D eigenvalue weighted by Crippen LogP contribution is 2.25. The van der Waals surface area contributed by atoms with Gasteiger partial charge in [0.1, 0.15) is 0 Å². The van der Waals surface area contributed by atoms with Crippen LogP contribution in [-0.2, 0) is 0 Å². The van der Waals surface area contributed by atoms with Crippen molar-refractivity contribution in [2.24, 2.45) is 0 Å². The van der Waals surface area contributed by atoms with Gasteiger partial charge in [-0.15, -0.1) is 0 Å². The molecule has 0 unspecified atom stereocenters. The molecule has 0 fully saturated rings. The van der Waals surface area contributed by atoms with Gasteiger partial charge in [-0.25, -0.2) is 5.10 Å². The average Bonchev–Trinajstić information content (AvgIpc) is 3.03. The molecule has 1 aromatic carbocycles. The molecule has 0 bridgehead atoms. The van der Waals surface area contributed by atoms with Crippen LogP contribution in [0.25, 0.3) is 11.3 Å². The van der Waals surface area contributed by atoms with Gasteiger partial charge in [-0.05, 0) is 23.6 Å². The van der Waals surface area contributed by atoms with Gasteiger partial charge in [0, 0.05) is 17.0 Å². The molecule has 5 nitrogen and oxygen atoms in total. The zero-order valence-electron chi connectivity index (χ0n) is 10.9. The Bertz CT molecular complexity index is 804. The second-order valence-corrected chi connectivity index (χ2v) is 5.10. The number of para-hydroxylation sites is 1. The highest BCUT2D eigenvalue weighted by atomic mass is 32.1. The van der Waals surface area contributed by atoms with Gasteiger partial charge in [-0.1, -0.05) is 18.2 Å². The summed E-state index contributed by atoms with van der Waals surface area (Å²) < 4.78 is 0. The number of carbonyl (C=O) groups is 1. The average molecular weight is 297 g/mol. The smallest absolute Gasteiger partial charge is 0.264 e. The molecule has 2 N–H and O–H groups in total. The Morgan fingerprint density at radius 2 is 2.00 bits per heavy atom. The number of hydrogen-bond donors (Lipinski definition) is 2. The topological polar surface area (TPSA) is 74.8 Å². The number of amides is 1. The maximum atomic E-state index is 12.1. The predicted molar refractivity (Wildman–Crippen MR) is 82.6 cm³/mol.